The van der Waals surface area contributed by atoms with Gasteiger partial charge >= 0.3 is 5.97 Å². The minimum Gasteiger partial charge on any atom is -0.480 e. The standard InChI is InChI=1S/C19H21NO6S/c1-26-11-12-27(24,25)16-9-7-15(8-10-16)18(21)20-17(19(22)23)13-14-5-3-2-4-6-14/h2-10,17H,11-13H2,1H3,(H,20,21)(H,22,23). The van der Waals surface area contributed by atoms with Crippen molar-refractivity contribution in [2.45, 2.75) is 17.4 Å². The lowest BCUT2D eigenvalue weighted by Crippen LogP contribution is -2.42. The zero-order valence-corrected chi connectivity index (χ0v) is 15.6. The molecule has 0 fully saturated rings. The highest BCUT2D eigenvalue weighted by Gasteiger charge is 2.21. The smallest absolute Gasteiger partial charge is 0.326 e. The Labute approximate surface area is 157 Å². The summed E-state index contributed by atoms with van der Waals surface area (Å²) >= 11 is 0. The van der Waals surface area contributed by atoms with Gasteiger partial charge in [0.05, 0.1) is 17.3 Å². The fourth-order valence-corrected chi connectivity index (χ4v) is 3.59. The average Bonchev–Trinajstić information content (AvgIpc) is 2.66. The Hall–Kier alpha value is -2.71. The number of rotatable bonds is 9. The molecule has 2 N–H and O–H groups in total. The number of benzene rings is 2. The number of nitrogens with one attached hydrogen (secondary N) is 1. The van der Waals surface area contributed by atoms with Gasteiger partial charge in [0, 0.05) is 19.1 Å². The molecule has 0 spiro atoms. The van der Waals surface area contributed by atoms with Gasteiger partial charge in [-0.1, -0.05) is 30.3 Å². The zero-order valence-electron chi connectivity index (χ0n) is 14.8. The van der Waals surface area contributed by atoms with Crippen molar-refractivity contribution in [2.75, 3.05) is 19.5 Å². The van der Waals surface area contributed by atoms with Gasteiger partial charge in [-0.25, -0.2) is 13.2 Å². The maximum atomic E-state index is 12.3. The molecule has 1 unspecified atom stereocenters. The van der Waals surface area contributed by atoms with E-state index in [9.17, 15) is 23.1 Å². The molecule has 0 saturated heterocycles. The van der Waals surface area contributed by atoms with Crippen LogP contribution in [0.15, 0.2) is 59.5 Å². The Morgan fingerprint density at radius 1 is 1.07 bits per heavy atom. The lowest BCUT2D eigenvalue weighted by atomic mass is 10.1. The van der Waals surface area contributed by atoms with Crippen LogP contribution in [0.5, 0.6) is 0 Å². The van der Waals surface area contributed by atoms with E-state index in [1.807, 2.05) is 6.07 Å². The summed E-state index contributed by atoms with van der Waals surface area (Å²) in [6, 6.07) is 13.2. The summed E-state index contributed by atoms with van der Waals surface area (Å²) in [7, 11) is -2.08. The van der Waals surface area contributed by atoms with Crippen molar-refractivity contribution in [3.63, 3.8) is 0 Å². The predicted molar refractivity (Wildman–Crippen MR) is 99.4 cm³/mol. The van der Waals surface area contributed by atoms with E-state index in [1.165, 1.54) is 31.4 Å². The zero-order chi connectivity index (χ0) is 19.9. The van der Waals surface area contributed by atoms with Crippen molar-refractivity contribution in [3.8, 4) is 0 Å². The summed E-state index contributed by atoms with van der Waals surface area (Å²) in [5.41, 5.74) is 0.963. The summed E-state index contributed by atoms with van der Waals surface area (Å²) in [6.45, 7) is 0.0738. The first kappa shape index (κ1) is 20.6. The van der Waals surface area contributed by atoms with Crippen LogP contribution in [-0.4, -0.2) is 50.9 Å². The van der Waals surface area contributed by atoms with Gasteiger partial charge in [-0.3, -0.25) is 4.79 Å². The Morgan fingerprint density at radius 3 is 2.26 bits per heavy atom. The van der Waals surface area contributed by atoms with Gasteiger partial charge < -0.3 is 15.2 Å². The molecule has 0 aliphatic carbocycles. The molecule has 1 atom stereocenters. The van der Waals surface area contributed by atoms with E-state index in [0.29, 0.717) is 0 Å². The SMILES string of the molecule is COCCS(=O)(=O)c1ccc(C(=O)NC(Cc2ccccc2)C(=O)O)cc1. The third-order valence-corrected chi connectivity index (χ3v) is 5.61. The lowest BCUT2D eigenvalue weighted by Gasteiger charge is -2.15. The molecule has 1 amide bonds. The number of carboxylic acid groups (broad SMARTS) is 1. The summed E-state index contributed by atoms with van der Waals surface area (Å²) in [5, 5.41) is 11.8. The number of ether oxygens (including phenoxy) is 1. The minimum absolute atomic E-state index is 0.0738. The minimum atomic E-state index is -3.49. The van der Waals surface area contributed by atoms with Crippen molar-refractivity contribution in [2.24, 2.45) is 0 Å². The van der Waals surface area contributed by atoms with Crippen LogP contribution in [0.3, 0.4) is 0 Å². The Kier molecular flexibility index (Phi) is 7.09. The van der Waals surface area contributed by atoms with Crippen molar-refractivity contribution >= 4 is 21.7 Å². The lowest BCUT2D eigenvalue weighted by molar-refractivity contribution is -0.139. The van der Waals surface area contributed by atoms with Crippen LogP contribution in [0.1, 0.15) is 15.9 Å². The number of amides is 1. The number of carboxylic acids is 1. The first-order valence-corrected chi connectivity index (χ1v) is 9.88. The number of hydrogen-bond donors (Lipinski definition) is 2. The fourth-order valence-electron chi connectivity index (χ4n) is 2.42. The van der Waals surface area contributed by atoms with Gasteiger partial charge in [0.1, 0.15) is 6.04 Å². The van der Waals surface area contributed by atoms with Crippen LogP contribution in [0, 0.1) is 0 Å². The largest absolute Gasteiger partial charge is 0.480 e. The Bertz CT molecular complexity index is 878. The third kappa shape index (κ3) is 5.90. The van der Waals surface area contributed by atoms with E-state index in [1.54, 1.807) is 24.3 Å². The van der Waals surface area contributed by atoms with Crippen molar-refractivity contribution in [1.29, 1.82) is 0 Å². The van der Waals surface area contributed by atoms with Crippen LogP contribution < -0.4 is 5.32 Å². The molecule has 144 valence electrons. The number of hydrogen-bond acceptors (Lipinski definition) is 5. The van der Waals surface area contributed by atoms with Gasteiger partial charge in [-0.2, -0.15) is 0 Å². The summed E-state index contributed by atoms with van der Waals surface area (Å²) < 4.78 is 28.9. The van der Waals surface area contributed by atoms with Crippen LogP contribution >= 0.6 is 0 Å². The Balaban J connectivity index is 2.08. The number of methoxy groups -OCH3 is 1. The highest BCUT2D eigenvalue weighted by Crippen LogP contribution is 2.13. The summed E-state index contributed by atoms with van der Waals surface area (Å²) in [5.74, 6) is -1.89. The van der Waals surface area contributed by atoms with E-state index >= 15 is 0 Å². The summed E-state index contributed by atoms with van der Waals surface area (Å²) in [4.78, 5) is 23.9. The van der Waals surface area contributed by atoms with Gasteiger partial charge in [0.15, 0.2) is 9.84 Å². The molecule has 0 aliphatic rings. The molecule has 8 heteroatoms. The van der Waals surface area contributed by atoms with E-state index in [2.05, 4.69) is 5.32 Å². The molecule has 7 nitrogen and oxygen atoms in total. The van der Waals surface area contributed by atoms with Crippen molar-refractivity contribution in [1.82, 2.24) is 5.32 Å². The maximum Gasteiger partial charge on any atom is 0.326 e. The fraction of sp³-hybridized carbons (Fsp3) is 0.263. The molecular formula is C19H21NO6S. The van der Waals surface area contributed by atoms with Gasteiger partial charge in [-0.05, 0) is 29.8 Å². The van der Waals surface area contributed by atoms with Crippen LogP contribution in [0.25, 0.3) is 0 Å². The number of aliphatic carboxylic acids is 1. The van der Waals surface area contributed by atoms with E-state index < -0.39 is 27.8 Å². The highest BCUT2D eigenvalue weighted by atomic mass is 32.2. The molecule has 0 bridgehead atoms. The number of carbonyl (C=O) groups is 2. The van der Waals surface area contributed by atoms with E-state index in [4.69, 9.17) is 4.74 Å². The average molecular weight is 391 g/mol. The first-order chi connectivity index (χ1) is 12.8. The van der Waals surface area contributed by atoms with Gasteiger partial charge in [0.25, 0.3) is 5.91 Å². The summed E-state index contributed by atoms with van der Waals surface area (Å²) in [6.07, 6.45) is 0.144. The molecule has 27 heavy (non-hydrogen) atoms. The molecule has 0 aromatic heterocycles. The second-order valence-corrected chi connectivity index (χ2v) is 8.00. The van der Waals surface area contributed by atoms with Crippen molar-refractivity contribution < 1.29 is 27.9 Å². The first-order valence-electron chi connectivity index (χ1n) is 8.23. The molecule has 0 heterocycles. The van der Waals surface area contributed by atoms with E-state index in [0.717, 1.165) is 5.56 Å². The van der Waals surface area contributed by atoms with Crippen LogP contribution in [-0.2, 0) is 25.8 Å². The highest BCUT2D eigenvalue weighted by molar-refractivity contribution is 7.91. The maximum absolute atomic E-state index is 12.3. The quantitative estimate of drug-likeness (QED) is 0.671. The molecule has 0 radical (unpaired) electrons. The van der Waals surface area contributed by atoms with Gasteiger partial charge in [0.2, 0.25) is 0 Å². The molecule has 2 aromatic carbocycles. The number of carbonyl (C=O) groups excluding carboxylic acids is 1. The molecular weight excluding hydrogens is 370 g/mol. The van der Waals surface area contributed by atoms with E-state index in [-0.39, 0.29) is 29.2 Å². The Morgan fingerprint density at radius 2 is 1.70 bits per heavy atom. The van der Waals surface area contributed by atoms with Crippen molar-refractivity contribution in [3.05, 3.63) is 65.7 Å². The molecule has 2 aromatic rings. The predicted octanol–water partition coefficient (Wildman–Crippen LogP) is 1.53. The second-order valence-electron chi connectivity index (χ2n) is 5.89. The molecule has 0 aliphatic heterocycles. The number of sulfone groups is 1. The third-order valence-electron chi connectivity index (χ3n) is 3.92. The molecule has 0 saturated carbocycles. The second kappa shape index (κ2) is 9.29. The van der Waals surface area contributed by atoms with Crippen LogP contribution in [0.2, 0.25) is 0 Å². The topological polar surface area (TPSA) is 110 Å². The molecule has 2 rings (SSSR count). The van der Waals surface area contributed by atoms with Gasteiger partial charge in [-0.15, -0.1) is 0 Å². The normalized spacial score (nSPS) is 12.3. The van der Waals surface area contributed by atoms with Crippen LogP contribution in [0.4, 0.5) is 0 Å². The monoisotopic (exact) mass is 391 g/mol.